The highest BCUT2D eigenvalue weighted by Gasteiger charge is 2.10. The van der Waals surface area contributed by atoms with Gasteiger partial charge in [-0.3, -0.25) is 4.79 Å². The van der Waals surface area contributed by atoms with Gasteiger partial charge < -0.3 is 15.2 Å². The van der Waals surface area contributed by atoms with Gasteiger partial charge in [0.1, 0.15) is 17.8 Å². The highest BCUT2D eigenvalue weighted by molar-refractivity contribution is 6.32. The lowest BCUT2D eigenvalue weighted by Gasteiger charge is -2.09. The van der Waals surface area contributed by atoms with E-state index in [-0.39, 0.29) is 16.5 Å². The largest absolute Gasteiger partial charge is 0.480 e. The van der Waals surface area contributed by atoms with Gasteiger partial charge in [-0.05, 0) is 31.2 Å². The summed E-state index contributed by atoms with van der Waals surface area (Å²) in [5.41, 5.74) is 1.35. The van der Waals surface area contributed by atoms with E-state index >= 15 is 0 Å². The van der Waals surface area contributed by atoms with Crippen LogP contribution in [0.5, 0.6) is 5.75 Å². The van der Waals surface area contributed by atoms with Crippen molar-refractivity contribution in [3.8, 4) is 5.75 Å². The predicted octanol–water partition coefficient (Wildman–Crippen LogP) is 2.15. The van der Waals surface area contributed by atoms with Gasteiger partial charge in [0.15, 0.2) is 6.61 Å². The van der Waals surface area contributed by atoms with Crippen LogP contribution in [0, 0.1) is 6.92 Å². The second-order valence-corrected chi connectivity index (χ2v) is 4.73. The number of hydrogen-bond donors (Lipinski definition) is 2. The van der Waals surface area contributed by atoms with Crippen molar-refractivity contribution in [2.45, 2.75) is 6.92 Å². The number of carboxylic acid groups (broad SMARTS) is 1. The highest BCUT2D eigenvalue weighted by Crippen LogP contribution is 2.27. The van der Waals surface area contributed by atoms with Gasteiger partial charge in [0.2, 0.25) is 0 Å². The van der Waals surface area contributed by atoms with Gasteiger partial charge in [-0.25, -0.2) is 14.8 Å². The van der Waals surface area contributed by atoms with Gasteiger partial charge in [0.05, 0.1) is 5.02 Å². The van der Waals surface area contributed by atoms with Crippen LogP contribution < -0.4 is 10.1 Å². The lowest BCUT2D eigenvalue weighted by atomic mass is 10.2. The van der Waals surface area contributed by atoms with E-state index in [0.717, 1.165) is 0 Å². The minimum absolute atomic E-state index is 0.193. The fraction of sp³-hybridized carbons (Fsp3) is 0.143. The molecule has 0 spiro atoms. The standard InChI is InChI=1S/C14H12ClN3O4/c1-8-4-11(17-7-16-8)14(21)18-9-2-3-12(10(15)5-9)22-6-13(19)20/h2-5,7H,6H2,1H3,(H,18,21)(H,19,20). The summed E-state index contributed by atoms with van der Waals surface area (Å²) in [6.07, 6.45) is 1.31. The number of ether oxygens (including phenoxy) is 1. The molecule has 0 bridgehead atoms. The molecule has 114 valence electrons. The third-order valence-electron chi connectivity index (χ3n) is 2.58. The highest BCUT2D eigenvalue weighted by atomic mass is 35.5. The normalized spacial score (nSPS) is 10.1. The van der Waals surface area contributed by atoms with Crippen molar-refractivity contribution < 1.29 is 19.4 Å². The number of aromatic nitrogens is 2. The van der Waals surface area contributed by atoms with Crippen molar-refractivity contribution in [2.24, 2.45) is 0 Å². The minimum atomic E-state index is -1.10. The van der Waals surface area contributed by atoms with Crippen molar-refractivity contribution in [3.63, 3.8) is 0 Å². The Balaban J connectivity index is 2.08. The van der Waals surface area contributed by atoms with Crippen LogP contribution >= 0.6 is 11.6 Å². The van der Waals surface area contributed by atoms with Gasteiger partial charge in [-0.1, -0.05) is 11.6 Å². The average molecular weight is 322 g/mol. The summed E-state index contributed by atoms with van der Waals surface area (Å²) >= 11 is 5.97. The van der Waals surface area contributed by atoms with Gasteiger partial charge in [0, 0.05) is 11.4 Å². The molecule has 2 aromatic rings. The van der Waals surface area contributed by atoms with E-state index < -0.39 is 18.5 Å². The van der Waals surface area contributed by atoms with Crippen molar-refractivity contribution in [1.29, 1.82) is 0 Å². The number of nitrogens with one attached hydrogen (secondary N) is 1. The van der Waals surface area contributed by atoms with Crippen LogP contribution in [0.4, 0.5) is 5.69 Å². The van der Waals surface area contributed by atoms with Gasteiger partial charge in [-0.15, -0.1) is 0 Å². The zero-order chi connectivity index (χ0) is 16.1. The molecule has 0 fully saturated rings. The van der Waals surface area contributed by atoms with E-state index in [9.17, 15) is 9.59 Å². The molecule has 7 nitrogen and oxygen atoms in total. The third-order valence-corrected chi connectivity index (χ3v) is 2.87. The molecule has 8 heteroatoms. The van der Waals surface area contributed by atoms with E-state index in [1.54, 1.807) is 19.1 Å². The maximum absolute atomic E-state index is 12.0. The molecule has 0 saturated carbocycles. The number of carboxylic acids is 1. The Morgan fingerprint density at radius 2 is 2.09 bits per heavy atom. The number of carbonyl (C=O) groups is 2. The number of rotatable bonds is 5. The number of anilines is 1. The molecule has 1 aromatic heterocycles. The number of halogens is 1. The molecule has 0 radical (unpaired) electrons. The molecule has 22 heavy (non-hydrogen) atoms. The van der Waals surface area contributed by atoms with Crippen LogP contribution in [0.3, 0.4) is 0 Å². The van der Waals surface area contributed by atoms with E-state index in [1.807, 2.05) is 0 Å². The molecule has 1 heterocycles. The topological polar surface area (TPSA) is 101 Å². The third kappa shape index (κ3) is 4.16. The van der Waals surface area contributed by atoms with E-state index in [4.69, 9.17) is 21.4 Å². The molecular formula is C14H12ClN3O4. The number of hydrogen-bond acceptors (Lipinski definition) is 5. The lowest BCUT2D eigenvalue weighted by molar-refractivity contribution is -0.139. The fourth-order valence-corrected chi connectivity index (χ4v) is 1.84. The summed E-state index contributed by atoms with van der Waals surface area (Å²) in [6.45, 7) is 1.26. The second kappa shape index (κ2) is 6.86. The molecule has 0 saturated heterocycles. The Hall–Kier alpha value is -2.67. The summed E-state index contributed by atoms with van der Waals surface area (Å²) in [5, 5.41) is 11.4. The maximum Gasteiger partial charge on any atom is 0.341 e. The van der Waals surface area contributed by atoms with E-state index in [0.29, 0.717) is 11.4 Å². The van der Waals surface area contributed by atoms with Crippen LogP contribution in [-0.4, -0.2) is 33.6 Å². The summed E-state index contributed by atoms with van der Waals surface area (Å²) in [6, 6.07) is 6.05. The molecule has 1 amide bonds. The van der Waals surface area contributed by atoms with Crippen molar-refractivity contribution in [2.75, 3.05) is 11.9 Å². The van der Waals surface area contributed by atoms with Crippen LogP contribution in [0.1, 0.15) is 16.2 Å². The number of amides is 1. The smallest absolute Gasteiger partial charge is 0.341 e. The van der Waals surface area contributed by atoms with Crippen molar-refractivity contribution >= 4 is 29.2 Å². The predicted molar refractivity (Wildman–Crippen MR) is 79.3 cm³/mol. The van der Waals surface area contributed by atoms with Gasteiger partial charge >= 0.3 is 5.97 Å². The SMILES string of the molecule is Cc1cc(C(=O)Nc2ccc(OCC(=O)O)c(Cl)c2)ncn1. The maximum atomic E-state index is 12.0. The zero-order valence-electron chi connectivity index (χ0n) is 11.5. The summed E-state index contributed by atoms with van der Waals surface area (Å²) in [5.74, 6) is -1.28. The lowest BCUT2D eigenvalue weighted by Crippen LogP contribution is -2.14. The van der Waals surface area contributed by atoms with Crippen LogP contribution in [-0.2, 0) is 4.79 Å². The molecule has 2 rings (SSSR count). The quantitative estimate of drug-likeness (QED) is 0.875. The number of nitrogens with zero attached hydrogens (tertiary/aromatic N) is 2. The van der Waals surface area contributed by atoms with Gasteiger partial charge in [0.25, 0.3) is 5.91 Å². The molecule has 0 unspecified atom stereocenters. The fourth-order valence-electron chi connectivity index (χ4n) is 1.61. The van der Waals surface area contributed by atoms with E-state index in [1.165, 1.54) is 18.5 Å². The van der Waals surface area contributed by atoms with E-state index in [2.05, 4.69) is 15.3 Å². The Kier molecular flexibility index (Phi) is 4.90. The number of carbonyl (C=O) groups excluding carboxylic acids is 1. The molecule has 2 N–H and O–H groups in total. The minimum Gasteiger partial charge on any atom is -0.480 e. The number of aliphatic carboxylic acids is 1. The Labute approximate surface area is 130 Å². The summed E-state index contributed by atoms with van der Waals surface area (Å²) in [4.78, 5) is 30.3. The molecule has 0 aliphatic rings. The first-order valence-electron chi connectivity index (χ1n) is 6.20. The summed E-state index contributed by atoms with van der Waals surface area (Å²) < 4.78 is 4.99. The molecular weight excluding hydrogens is 310 g/mol. The van der Waals surface area contributed by atoms with Crippen molar-refractivity contribution in [3.05, 3.63) is 47.0 Å². The molecule has 0 aliphatic heterocycles. The first-order valence-corrected chi connectivity index (χ1v) is 6.57. The number of aryl methyl sites for hydroxylation is 1. The second-order valence-electron chi connectivity index (χ2n) is 4.33. The van der Waals surface area contributed by atoms with Crippen LogP contribution in [0.25, 0.3) is 0 Å². The first kappa shape index (κ1) is 15.7. The number of benzene rings is 1. The summed E-state index contributed by atoms with van der Waals surface area (Å²) in [7, 11) is 0. The molecule has 0 aliphatic carbocycles. The van der Waals surface area contributed by atoms with Crippen molar-refractivity contribution in [1.82, 2.24) is 9.97 Å². The van der Waals surface area contributed by atoms with Gasteiger partial charge in [-0.2, -0.15) is 0 Å². The van der Waals surface area contributed by atoms with Crippen LogP contribution in [0.2, 0.25) is 5.02 Å². The first-order chi connectivity index (χ1) is 10.5. The molecule has 1 aromatic carbocycles. The zero-order valence-corrected chi connectivity index (χ0v) is 12.3. The Bertz CT molecular complexity index is 721. The Morgan fingerprint density at radius 1 is 1.32 bits per heavy atom. The van der Waals surface area contributed by atoms with Crippen LogP contribution in [0.15, 0.2) is 30.6 Å². The molecule has 0 atom stereocenters. The monoisotopic (exact) mass is 321 g/mol. The average Bonchev–Trinajstić information content (AvgIpc) is 2.46. The Morgan fingerprint density at radius 3 is 2.73 bits per heavy atom.